The van der Waals surface area contributed by atoms with Crippen molar-refractivity contribution >= 4 is 46.4 Å². The molecule has 3 amide bonds. The molecule has 0 radical (unpaired) electrons. The lowest BCUT2D eigenvalue weighted by molar-refractivity contribution is -0.384. The van der Waals surface area contributed by atoms with Crippen LogP contribution in [-0.2, 0) is 9.59 Å². The number of nitro benzene ring substituents is 1. The van der Waals surface area contributed by atoms with Gasteiger partial charge in [0.15, 0.2) is 0 Å². The van der Waals surface area contributed by atoms with E-state index in [9.17, 15) is 24.5 Å². The molecular formula is C25H25ClN4O5. The largest absolute Gasteiger partial charge is 0.379 e. The van der Waals surface area contributed by atoms with Crippen LogP contribution in [0.1, 0.15) is 35.2 Å². The van der Waals surface area contributed by atoms with Gasteiger partial charge in [0.2, 0.25) is 11.8 Å². The number of allylic oxidation sites excluding steroid dienone is 2. The highest BCUT2D eigenvalue weighted by Crippen LogP contribution is 2.35. The van der Waals surface area contributed by atoms with Crippen LogP contribution in [0.3, 0.4) is 0 Å². The molecule has 2 N–H and O–H groups in total. The maximum absolute atomic E-state index is 12.6. The second-order valence-electron chi connectivity index (χ2n) is 8.67. The van der Waals surface area contributed by atoms with Gasteiger partial charge in [-0.15, -0.1) is 0 Å². The number of nitro groups is 1. The number of nitrogens with zero attached hydrogens (tertiary/aromatic N) is 2. The lowest BCUT2D eigenvalue weighted by Crippen LogP contribution is -2.33. The Balaban J connectivity index is 1.36. The first-order valence-corrected chi connectivity index (χ1v) is 11.7. The van der Waals surface area contributed by atoms with Crippen LogP contribution in [0.4, 0.5) is 17.1 Å². The van der Waals surface area contributed by atoms with Gasteiger partial charge in [-0.05, 0) is 56.0 Å². The Morgan fingerprint density at radius 2 is 1.80 bits per heavy atom. The third kappa shape index (κ3) is 5.19. The Kier molecular flexibility index (Phi) is 7.16. The van der Waals surface area contributed by atoms with Crippen LogP contribution < -0.4 is 10.6 Å². The summed E-state index contributed by atoms with van der Waals surface area (Å²) >= 11 is 6.09. The summed E-state index contributed by atoms with van der Waals surface area (Å²) in [4.78, 5) is 50.1. The molecule has 35 heavy (non-hydrogen) atoms. The molecule has 2 aliphatic rings. The van der Waals surface area contributed by atoms with E-state index in [1.54, 1.807) is 18.2 Å². The van der Waals surface area contributed by atoms with Crippen molar-refractivity contribution in [2.75, 3.05) is 23.7 Å². The third-order valence-corrected chi connectivity index (χ3v) is 6.77. The lowest BCUT2D eigenvalue weighted by Gasteiger charge is -2.15. The summed E-state index contributed by atoms with van der Waals surface area (Å²) < 4.78 is 0. The number of aryl methyl sites for hydroxylation is 1. The molecule has 182 valence electrons. The molecule has 10 heteroatoms. The number of likely N-dealkylation sites (tertiary alicyclic amines) is 1. The van der Waals surface area contributed by atoms with Crippen LogP contribution in [0.15, 0.2) is 48.6 Å². The second kappa shape index (κ2) is 10.3. The molecule has 1 fully saturated rings. The Morgan fingerprint density at radius 1 is 1.11 bits per heavy atom. The van der Waals surface area contributed by atoms with E-state index in [0.29, 0.717) is 36.5 Å². The summed E-state index contributed by atoms with van der Waals surface area (Å²) in [5.41, 5.74) is 1.48. The molecular weight excluding hydrogens is 472 g/mol. The fourth-order valence-electron chi connectivity index (χ4n) is 4.40. The van der Waals surface area contributed by atoms with Gasteiger partial charge >= 0.3 is 0 Å². The SMILES string of the molecule is Cc1ccc(NC(=O)c2ccc(NCCCN3C(=O)[C@H]4CC=CC[C@@H]4C3=O)c([N+](=O)[O-])c2)cc1Cl. The smallest absolute Gasteiger partial charge is 0.293 e. The number of benzene rings is 2. The van der Waals surface area contributed by atoms with Gasteiger partial charge in [0.25, 0.3) is 11.6 Å². The van der Waals surface area contributed by atoms with Crippen molar-refractivity contribution in [2.45, 2.75) is 26.2 Å². The summed E-state index contributed by atoms with van der Waals surface area (Å²) in [5.74, 6) is -1.31. The van der Waals surface area contributed by atoms with E-state index >= 15 is 0 Å². The van der Waals surface area contributed by atoms with E-state index in [1.165, 1.54) is 23.1 Å². The number of imide groups is 1. The number of nitrogens with one attached hydrogen (secondary N) is 2. The number of carbonyl (C=O) groups excluding carboxylic acids is 3. The van der Waals surface area contributed by atoms with Crippen LogP contribution in [-0.4, -0.2) is 40.6 Å². The molecule has 0 saturated carbocycles. The number of hydrogen-bond acceptors (Lipinski definition) is 6. The van der Waals surface area contributed by atoms with E-state index in [-0.39, 0.29) is 47.1 Å². The van der Waals surface area contributed by atoms with E-state index in [0.717, 1.165) is 5.56 Å². The number of hydrogen-bond donors (Lipinski definition) is 2. The molecule has 2 atom stereocenters. The zero-order chi connectivity index (χ0) is 25.1. The number of fused-ring (bicyclic) bond motifs is 1. The highest BCUT2D eigenvalue weighted by molar-refractivity contribution is 6.31. The van der Waals surface area contributed by atoms with Crippen LogP contribution in [0, 0.1) is 28.9 Å². The van der Waals surface area contributed by atoms with E-state index in [2.05, 4.69) is 10.6 Å². The molecule has 1 heterocycles. The Hall–Kier alpha value is -3.72. The summed E-state index contributed by atoms with van der Waals surface area (Å²) in [6.45, 7) is 2.41. The minimum absolute atomic E-state index is 0.128. The van der Waals surface area contributed by atoms with Gasteiger partial charge < -0.3 is 10.6 Å². The van der Waals surface area contributed by atoms with Gasteiger partial charge in [0, 0.05) is 35.4 Å². The molecule has 2 aromatic rings. The number of rotatable bonds is 8. The molecule has 0 spiro atoms. The fourth-order valence-corrected chi connectivity index (χ4v) is 4.58. The first kappa shape index (κ1) is 24.4. The maximum Gasteiger partial charge on any atom is 0.293 e. The van der Waals surface area contributed by atoms with E-state index in [1.807, 2.05) is 19.1 Å². The predicted octanol–water partition coefficient (Wildman–Crippen LogP) is 4.56. The normalized spacial score (nSPS) is 19.0. The zero-order valence-electron chi connectivity index (χ0n) is 19.1. The van der Waals surface area contributed by atoms with Crippen molar-refractivity contribution in [1.82, 2.24) is 4.90 Å². The van der Waals surface area contributed by atoms with Crippen LogP contribution in [0.5, 0.6) is 0 Å². The van der Waals surface area contributed by atoms with E-state index in [4.69, 9.17) is 11.6 Å². The molecule has 0 bridgehead atoms. The van der Waals surface area contributed by atoms with Crippen molar-refractivity contribution in [3.05, 3.63) is 74.8 Å². The Labute approximate surface area is 207 Å². The molecule has 0 unspecified atom stereocenters. The van der Waals surface area contributed by atoms with Crippen molar-refractivity contribution < 1.29 is 19.3 Å². The molecule has 1 aliphatic carbocycles. The van der Waals surface area contributed by atoms with Crippen molar-refractivity contribution in [2.24, 2.45) is 11.8 Å². The van der Waals surface area contributed by atoms with Crippen molar-refractivity contribution in [1.29, 1.82) is 0 Å². The predicted molar refractivity (Wildman–Crippen MR) is 132 cm³/mol. The van der Waals surface area contributed by atoms with E-state index < -0.39 is 10.8 Å². The third-order valence-electron chi connectivity index (χ3n) is 6.36. The van der Waals surface area contributed by atoms with Crippen LogP contribution in [0.25, 0.3) is 0 Å². The van der Waals surface area contributed by atoms with Crippen molar-refractivity contribution in [3.8, 4) is 0 Å². The molecule has 2 aromatic carbocycles. The van der Waals surface area contributed by atoms with Crippen LogP contribution >= 0.6 is 11.6 Å². The lowest BCUT2D eigenvalue weighted by atomic mass is 9.85. The average Bonchev–Trinajstić information content (AvgIpc) is 3.09. The Morgan fingerprint density at radius 3 is 2.43 bits per heavy atom. The fraction of sp³-hybridized carbons (Fsp3) is 0.320. The molecule has 4 rings (SSSR count). The van der Waals surface area contributed by atoms with Gasteiger partial charge in [0.05, 0.1) is 16.8 Å². The topological polar surface area (TPSA) is 122 Å². The highest BCUT2D eigenvalue weighted by atomic mass is 35.5. The minimum atomic E-state index is -0.562. The molecule has 1 aliphatic heterocycles. The van der Waals surface area contributed by atoms with Gasteiger partial charge in [0.1, 0.15) is 5.69 Å². The number of amides is 3. The maximum atomic E-state index is 12.6. The zero-order valence-corrected chi connectivity index (χ0v) is 19.9. The van der Waals surface area contributed by atoms with Gasteiger partial charge in [-0.3, -0.25) is 29.4 Å². The molecule has 1 saturated heterocycles. The summed E-state index contributed by atoms with van der Waals surface area (Å²) in [5, 5.41) is 17.8. The number of anilines is 2. The second-order valence-corrected chi connectivity index (χ2v) is 9.08. The number of carbonyl (C=O) groups is 3. The first-order chi connectivity index (χ1) is 16.8. The first-order valence-electron chi connectivity index (χ1n) is 11.4. The van der Waals surface area contributed by atoms with Crippen LogP contribution in [0.2, 0.25) is 5.02 Å². The average molecular weight is 497 g/mol. The van der Waals surface area contributed by atoms with Gasteiger partial charge in [-0.25, -0.2) is 0 Å². The molecule has 0 aromatic heterocycles. The summed E-state index contributed by atoms with van der Waals surface area (Å²) in [6, 6.07) is 9.25. The monoisotopic (exact) mass is 496 g/mol. The Bertz CT molecular complexity index is 1200. The van der Waals surface area contributed by atoms with Gasteiger partial charge in [-0.1, -0.05) is 29.8 Å². The quantitative estimate of drug-likeness (QED) is 0.181. The number of halogens is 1. The minimum Gasteiger partial charge on any atom is -0.379 e. The molecule has 9 nitrogen and oxygen atoms in total. The summed E-state index contributed by atoms with van der Waals surface area (Å²) in [6.07, 6.45) is 5.50. The summed E-state index contributed by atoms with van der Waals surface area (Å²) in [7, 11) is 0. The van der Waals surface area contributed by atoms with Crippen molar-refractivity contribution in [3.63, 3.8) is 0 Å². The standard InChI is InChI=1S/C25H25ClN4O5/c1-15-7-9-17(14-20(15)26)28-23(31)16-8-10-21(22(13-16)30(34)35)27-11-4-12-29-24(32)18-5-2-3-6-19(18)25(29)33/h2-3,7-10,13-14,18-19,27H,4-6,11-12H2,1H3,(H,28,31)/t18-,19-/m0/s1. The highest BCUT2D eigenvalue weighted by Gasteiger charge is 2.46. The van der Waals surface area contributed by atoms with Gasteiger partial charge in [-0.2, -0.15) is 0 Å².